The van der Waals surface area contributed by atoms with E-state index in [1.165, 1.54) is 17.4 Å². The summed E-state index contributed by atoms with van der Waals surface area (Å²) in [4.78, 5) is 15.0. The second kappa shape index (κ2) is 6.07. The first-order valence-corrected chi connectivity index (χ1v) is 8.54. The van der Waals surface area contributed by atoms with E-state index in [1.807, 2.05) is 6.07 Å². The molecule has 0 atom stereocenters. The fourth-order valence-corrected chi connectivity index (χ4v) is 3.74. The molecule has 1 aliphatic carbocycles. The van der Waals surface area contributed by atoms with Gasteiger partial charge in [-0.25, -0.2) is 4.39 Å². The molecule has 1 saturated carbocycles. The van der Waals surface area contributed by atoms with Crippen molar-refractivity contribution >= 4 is 44.8 Å². The van der Waals surface area contributed by atoms with Gasteiger partial charge in [0.25, 0.3) is 5.91 Å². The van der Waals surface area contributed by atoms with Gasteiger partial charge in [-0.15, -0.1) is 11.3 Å². The third-order valence-electron chi connectivity index (χ3n) is 3.42. The molecule has 21 heavy (non-hydrogen) atoms. The van der Waals surface area contributed by atoms with Crippen LogP contribution in [-0.4, -0.2) is 16.8 Å². The zero-order valence-corrected chi connectivity index (χ0v) is 14.1. The second-order valence-corrected chi connectivity index (χ2v) is 7.84. The predicted molar refractivity (Wildman–Crippen MR) is 86.3 cm³/mol. The highest BCUT2D eigenvalue weighted by molar-refractivity contribution is 9.11. The molecule has 1 aromatic carbocycles. The number of amides is 1. The molecule has 1 aliphatic rings. The lowest BCUT2D eigenvalue weighted by Crippen LogP contribution is -2.32. The van der Waals surface area contributed by atoms with E-state index in [0.29, 0.717) is 15.5 Å². The Morgan fingerprint density at radius 2 is 2.14 bits per heavy atom. The van der Waals surface area contributed by atoms with Gasteiger partial charge in [-0.1, -0.05) is 17.7 Å². The van der Waals surface area contributed by atoms with Crippen LogP contribution in [0.5, 0.6) is 0 Å². The van der Waals surface area contributed by atoms with Crippen molar-refractivity contribution in [3.05, 3.63) is 55.4 Å². The van der Waals surface area contributed by atoms with Gasteiger partial charge >= 0.3 is 0 Å². The SMILES string of the molecule is O=C(c1ccc(Br)s1)N(Cc1c(F)cccc1Cl)C1CC1. The van der Waals surface area contributed by atoms with E-state index in [-0.39, 0.29) is 24.3 Å². The first kappa shape index (κ1) is 15.0. The van der Waals surface area contributed by atoms with Crippen LogP contribution in [0.1, 0.15) is 28.1 Å². The van der Waals surface area contributed by atoms with E-state index in [0.717, 1.165) is 16.6 Å². The Kier molecular flexibility index (Phi) is 4.33. The molecule has 0 spiro atoms. The molecule has 3 rings (SSSR count). The van der Waals surface area contributed by atoms with Crippen molar-refractivity contribution < 1.29 is 9.18 Å². The summed E-state index contributed by atoms with van der Waals surface area (Å²) in [7, 11) is 0. The minimum absolute atomic E-state index is 0.0625. The summed E-state index contributed by atoms with van der Waals surface area (Å²) in [6, 6.07) is 8.42. The zero-order valence-electron chi connectivity index (χ0n) is 11.0. The van der Waals surface area contributed by atoms with Gasteiger partial charge in [0.05, 0.1) is 15.2 Å². The maximum Gasteiger partial charge on any atom is 0.264 e. The van der Waals surface area contributed by atoms with E-state index in [4.69, 9.17) is 11.6 Å². The minimum atomic E-state index is -0.367. The van der Waals surface area contributed by atoms with E-state index in [9.17, 15) is 9.18 Å². The number of carbonyl (C=O) groups excluding carboxylic acids is 1. The van der Waals surface area contributed by atoms with E-state index >= 15 is 0 Å². The van der Waals surface area contributed by atoms with E-state index < -0.39 is 0 Å². The number of halogens is 3. The minimum Gasteiger partial charge on any atom is -0.330 e. The van der Waals surface area contributed by atoms with Gasteiger partial charge in [0.15, 0.2) is 0 Å². The average Bonchev–Trinajstić information content (AvgIpc) is 3.19. The first-order valence-electron chi connectivity index (χ1n) is 6.55. The van der Waals surface area contributed by atoms with Crippen LogP contribution in [0, 0.1) is 5.82 Å². The Hall–Kier alpha value is -0.910. The molecule has 2 aromatic rings. The molecule has 0 N–H and O–H groups in total. The van der Waals surface area contributed by atoms with Crippen LogP contribution in [0.3, 0.4) is 0 Å². The maximum absolute atomic E-state index is 13.9. The van der Waals surface area contributed by atoms with Crippen LogP contribution in [-0.2, 0) is 6.54 Å². The smallest absolute Gasteiger partial charge is 0.264 e. The van der Waals surface area contributed by atoms with Gasteiger partial charge in [0.1, 0.15) is 5.82 Å². The van der Waals surface area contributed by atoms with E-state index in [2.05, 4.69) is 15.9 Å². The summed E-state index contributed by atoms with van der Waals surface area (Å²) in [6.45, 7) is 0.213. The molecule has 1 amide bonds. The molecule has 0 saturated heterocycles. The normalized spacial score (nSPS) is 14.2. The summed E-state index contributed by atoms with van der Waals surface area (Å²) in [5.41, 5.74) is 0.384. The van der Waals surface area contributed by atoms with Crippen LogP contribution in [0.2, 0.25) is 5.02 Å². The Morgan fingerprint density at radius 1 is 1.38 bits per heavy atom. The van der Waals surface area contributed by atoms with Gasteiger partial charge in [-0.3, -0.25) is 4.79 Å². The molecule has 110 valence electrons. The van der Waals surface area contributed by atoms with Crippen LogP contribution < -0.4 is 0 Å². The quantitative estimate of drug-likeness (QED) is 0.713. The molecule has 1 heterocycles. The van der Waals surface area contributed by atoms with E-state index in [1.54, 1.807) is 23.1 Å². The highest BCUT2D eigenvalue weighted by atomic mass is 79.9. The van der Waals surface area contributed by atoms with Crippen molar-refractivity contribution in [2.75, 3.05) is 0 Å². The molecule has 0 aliphatic heterocycles. The van der Waals surface area contributed by atoms with Crippen molar-refractivity contribution in [3.8, 4) is 0 Å². The number of thiophene rings is 1. The Morgan fingerprint density at radius 3 is 2.71 bits per heavy atom. The van der Waals surface area contributed by atoms with Gasteiger partial charge in [0, 0.05) is 16.6 Å². The average molecular weight is 389 g/mol. The van der Waals surface area contributed by atoms with Gasteiger partial charge < -0.3 is 4.90 Å². The molecule has 0 unspecified atom stereocenters. The maximum atomic E-state index is 13.9. The van der Waals surface area contributed by atoms with Crippen molar-refractivity contribution in [1.82, 2.24) is 4.90 Å². The number of benzene rings is 1. The lowest BCUT2D eigenvalue weighted by Gasteiger charge is -2.22. The number of carbonyl (C=O) groups is 1. The van der Waals surface area contributed by atoms with Crippen molar-refractivity contribution in [2.45, 2.75) is 25.4 Å². The third-order valence-corrected chi connectivity index (χ3v) is 5.39. The zero-order chi connectivity index (χ0) is 15.0. The van der Waals surface area contributed by atoms with Gasteiger partial charge in [0.2, 0.25) is 0 Å². The van der Waals surface area contributed by atoms with Crippen molar-refractivity contribution in [3.63, 3.8) is 0 Å². The fraction of sp³-hybridized carbons (Fsp3) is 0.267. The number of hydrogen-bond donors (Lipinski definition) is 0. The summed E-state index contributed by atoms with van der Waals surface area (Å²) in [5.74, 6) is -0.430. The topological polar surface area (TPSA) is 20.3 Å². The number of rotatable bonds is 4. The second-order valence-electron chi connectivity index (χ2n) is 4.97. The fourth-order valence-electron chi connectivity index (χ4n) is 2.18. The summed E-state index contributed by atoms with van der Waals surface area (Å²) < 4.78 is 14.8. The molecule has 1 aromatic heterocycles. The Bertz CT molecular complexity index is 666. The molecule has 0 radical (unpaired) electrons. The lowest BCUT2D eigenvalue weighted by atomic mass is 10.2. The van der Waals surface area contributed by atoms with Gasteiger partial charge in [-0.05, 0) is 53.0 Å². The Balaban J connectivity index is 1.87. The van der Waals surface area contributed by atoms with Crippen LogP contribution in [0.4, 0.5) is 4.39 Å². The molecular weight excluding hydrogens is 377 g/mol. The van der Waals surface area contributed by atoms with Crippen molar-refractivity contribution in [2.24, 2.45) is 0 Å². The number of hydrogen-bond acceptors (Lipinski definition) is 2. The van der Waals surface area contributed by atoms with Crippen LogP contribution >= 0.6 is 38.9 Å². The van der Waals surface area contributed by atoms with Crippen molar-refractivity contribution in [1.29, 1.82) is 0 Å². The molecular formula is C15H12BrClFNOS. The summed E-state index contributed by atoms with van der Waals surface area (Å²) in [5, 5.41) is 0.362. The molecule has 6 heteroatoms. The molecule has 2 nitrogen and oxygen atoms in total. The Labute approximate surface area is 139 Å². The molecule has 1 fully saturated rings. The standard InChI is InChI=1S/C15H12BrClFNOS/c16-14-7-6-13(21-14)15(20)19(9-4-5-9)8-10-11(17)2-1-3-12(10)18/h1-3,6-7,9H,4-5,8H2. The first-order chi connectivity index (χ1) is 10.1. The highest BCUT2D eigenvalue weighted by Crippen LogP contribution is 2.33. The summed E-state index contributed by atoms with van der Waals surface area (Å²) in [6.07, 6.45) is 1.93. The highest BCUT2D eigenvalue weighted by Gasteiger charge is 2.34. The molecule has 0 bridgehead atoms. The van der Waals surface area contributed by atoms with Crippen LogP contribution in [0.25, 0.3) is 0 Å². The number of nitrogens with zero attached hydrogens (tertiary/aromatic N) is 1. The largest absolute Gasteiger partial charge is 0.330 e. The lowest BCUT2D eigenvalue weighted by molar-refractivity contribution is 0.0733. The van der Waals surface area contributed by atoms with Gasteiger partial charge in [-0.2, -0.15) is 0 Å². The monoisotopic (exact) mass is 387 g/mol. The van der Waals surface area contributed by atoms with Crippen LogP contribution in [0.15, 0.2) is 34.1 Å². The third kappa shape index (κ3) is 3.30. The predicted octanol–water partition coefficient (Wildman–Crippen LogP) is 5.11. The summed E-state index contributed by atoms with van der Waals surface area (Å²) >= 11 is 10.8.